The molecule has 2 N–H and O–H groups in total. The number of anilines is 2. The van der Waals surface area contributed by atoms with E-state index < -0.39 is 0 Å². The SMILES string of the molecule is CC(Sc1ccc(NC(=O)COc2ccccc2)cc1)C(=O)Nc1nc(-c2ccccc2Cl)cs1. The van der Waals surface area contributed by atoms with Crippen molar-refractivity contribution >= 4 is 57.3 Å². The van der Waals surface area contributed by atoms with Crippen LogP contribution in [0, 0.1) is 0 Å². The molecule has 4 aromatic rings. The Morgan fingerprint density at radius 1 is 1.00 bits per heavy atom. The lowest BCUT2D eigenvalue weighted by Crippen LogP contribution is -2.22. The smallest absolute Gasteiger partial charge is 0.262 e. The van der Waals surface area contributed by atoms with Crippen LogP contribution in [-0.2, 0) is 9.59 Å². The maximum Gasteiger partial charge on any atom is 0.262 e. The molecular weight excluding hydrogens is 502 g/mol. The van der Waals surface area contributed by atoms with Gasteiger partial charge in [0, 0.05) is 26.5 Å². The summed E-state index contributed by atoms with van der Waals surface area (Å²) in [4.78, 5) is 30.2. The molecule has 1 aromatic heterocycles. The summed E-state index contributed by atoms with van der Waals surface area (Å²) in [6, 6.07) is 23.9. The average molecular weight is 524 g/mol. The van der Waals surface area contributed by atoms with Crippen molar-refractivity contribution in [2.75, 3.05) is 17.2 Å². The molecule has 178 valence electrons. The second-order valence-corrected chi connectivity index (χ2v) is 10.1. The molecule has 0 aliphatic rings. The number of para-hydroxylation sites is 1. The Balaban J connectivity index is 1.26. The highest BCUT2D eigenvalue weighted by atomic mass is 35.5. The third-order valence-corrected chi connectivity index (χ3v) is 7.02. The summed E-state index contributed by atoms with van der Waals surface area (Å²) in [5, 5.41) is 8.33. The summed E-state index contributed by atoms with van der Waals surface area (Å²) < 4.78 is 5.45. The van der Waals surface area contributed by atoms with Gasteiger partial charge in [-0.25, -0.2) is 4.98 Å². The number of nitrogens with zero attached hydrogens (tertiary/aromatic N) is 1. The zero-order valence-corrected chi connectivity index (χ0v) is 21.1. The lowest BCUT2D eigenvalue weighted by atomic mass is 10.2. The van der Waals surface area contributed by atoms with Gasteiger partial charge in [0.1, 0.15) is 5.75 Å². The molecule has 1 heterocycles. The van der Waals surface area contributed by atoms with Crippen molar-refractivity contribution in [1.29, 1.82) is 0 Å². The first kappa shape index (κ1) is 24.8. The van der Waals surface area contributed by atoms with Crippen molar-refractivity contribution in [2.45, 2.75) is 17.1 Å². The van der Waals surface area contributed by atoms with E-state index in [9.17, 15) is 9.59 Å². The minimum absolute atomic E-state index is 0.0767. The number of thiazole rings is 1. The lowest BCUT2D eigenvalue weighted by molar-refractivity contribution is -0.118. The Hall–Kier alpha value is -3.33. The average Bonchev–Trinajstić information content (AvgIpc) is 3.33. The number of amides is 2. The van der Waals surface area contributed by atoms with Gasteiger partial charge >= 0.3 is 0 Å². The molecule has 1 atom stereocenters. The predicted molar refractivity (Wildman–Crippen MR) is 144 cm³/mol. The van der Waals surface area contributed by atoms with Gasteiger partial charge < -0.3 is 15.4 Å². The van der Waals surface area contributed by atoms with Crippen LogP contribution in [0.2, 0.25) is 5.02 Å². The number of rotatable bonds is 9. The number of aromatic nitrogens is 1. The predicted octanol–water partition coefficient (Wildman–Crippen LogP) is 6.60. The number of ether oxygens (including phenoxy) is 1. The van der Waals surface area contributed by atoms with Crippen LogP contribution in [0.5, 0.6) is 5.75 Å². The molecule has 3 aromatic carbocycles. The molecule has 0 fully saturated rings. The second-order valence-electron chi connectivity index (χ2n) is 7.44. The van der Waals surface area contributed by atoms with Gasteiger partial charge in [-0.2, -0.15) is 0 Å². The molecule has 9 heteroatoms. The Kier molecular flexibility index (Phi) is 8.41. The first-order valence-electron chi connectivity index (χ1n) is 10.7. The first-order valence-corrected chi connectivity index (χ1v) is 12.9. The van der Waals surface area contributed by atoms with Crippen LogP contribution in [-0.4, -0.2) is 28.7 Å². The van der Waals surface area contributed by atoms with E-state index in [0.29, 0.717) is 21.6 Å². The minimum atomic E-state index is -0.345. The molecule has 4 rings (SSSR count). The fourth-order valence-corrected chi connectivity index (χ4v) is 4.88. The molecule has 0 saturated heterocycles. The van der Waals surface area contributed by atoms with E-state index in [4.69, 9.17) is 16.3 Å². The number of hydrogen-bond acceptors (Lipinski definition) is 6. The molecule has 0 spiro atoms. The van der Waals surface area contributed by atoms with E-state index in [1.54, 1.807) is 24.3 Å². The molecule has 1 unspecified atom stereocenters. The number of carbonyl (C=O) groups is 2. The van der Waals surface area contributed by atoms with Gasteiger partial charge in [-0.3, -0.25) is 9.59 Å². The van der Waals surface area contributed by atoms with Crippen LogP contribution in [0.4, 0.5) is 10.8 Å². The van der Waals surface area contributed by atoms with E-state index in [2.05, 4.69) is 15.6 Å². The Morgan fingerprint density at radius 2 is 1.71 bits per heavy atom. The number of hydrogen-bond donors (Lipinski definition) is 2. The summed E-state index contributed by atoms with van der Waals surface area (Å²) in [6.45, 7) is 1.76. The molecule has 0 aliphatic carbocycles. The zero-order chi connectivity index (χ0) is 24.6. The van der Waals surface area contributed by atoms with Crippen LogP contribution < -0.4 is 15.4 Å². The minimum Gasteiger partial charge on any atom is -0.484 e. The Morgan fingerprint density at radius 3 is 2.46 bits per heavy atom. The molecular formula is C26H22ClN3O3S2. The fourth-order valence-electron chi connectivity index (χ4n) is 3.07. The normalized spacial score (nSPS) is 11.5. The highest BCUT2D eigenvalue weighted by Gasteiger charge is 2.17. The van der Waals surface area contributed by atoms with E-state index in [-0.39, 0.29) is 23.7 Å². The van der Waals surface area contributed by atoms with E-state index in [0.717, 1.165) is 16.2 Å². The van der Waals surface area contributed by atoms with Crippen molar-refractivity contribution in [2.24, 2.45) is 0 Å². The quantitative estimate of drug-likeness (QED) is 0.241. The summed E-state index contributed by atoms with van der Waals surface area (Å²) in [5.74, 6) is 0.242. The van der Waals surface area contributed by atoms with E-state index in [1.807, 2.05) is 66.9 Å². The van der Waals surface area contributed by atoms with Crippen LogP contribution in [0.3, 0.4) is 0 Å². The van der Waals surface area contributed by atoms with Crippen molar-refractivity contribution in [3.8, 4) is 17.0 Å². The van der Waals surface area contributed by atoms with Gasteiger partial charge in [0.25, 0.3) is 5.91 Å². The largest absolute Gasteiger partial charge is 0.484 e. The molecule has 0 aliphatic heterocycles. The van der Waals surface area contributed by atoms with Crippen molar-refractivity contribution in [3.05, 3.63) is 89.3 Å². The van der Waals surface area contributed by atoms with Gasteiger partial charge in [-0.15, -0.1) is 23.1 Å². The molecule has 0 saturated carbocycles. The van der Waals surface area contributed by atoms with Crippen molar-refractivity contribution < 1.29 is 14.3 Å². The van der Waals surface area contributed by atoms with Crippen LogP contribution >= 0.6 is 34.7 Å². The molecule has 2 amide bonds. The lowest BCUT2D eigenvalue weighted by Gasteiger charge is -2.11. The summed E-state index contributed by atoms with van der Waals surface area (Å²) in [7, 11) is 0. The third kappa shape index (κ3) is 7.08. The van der Waals surface area contributed by atoms with E-state index in [1.165, 1.54) is 23.1 Å². The van der Waals surface area contributed by atoms with Crippen LogP contribution in [0.15, 0.2) is 89.1 Å². The fraction of sp³-hybridized carbons (Fsp3) is 0.115. The summed E-state index contributed by atoms with van der Waals surface area (Å²) >= 11 is 9.01. The highest BCUT2D eigenvalue weighted by molar-refractivity contribution is 8.00. The van der Waals surface area contributed by atoms with Crippen LogP contribution in [0.1, 0.15) is 6.92 Å². The van der Waals surface area contributed by atoms with Crippen molar-refractivity contribution in [1.82, 2.24) is 4.98 Å². The molecule has 35 heavy (non-hydrogen) atoms. The standard InChI is InChI=1S/C26H22ClN3O3S2/c1-17(25(32)30-26-29-23(16-34-26)21-9-5-6-10-22(21)27)35-20-13-11-18(12-14-20)28-24(31)15-33-19-7-3-2-4-8-19/h2-14,16-17H,15H2,1H3,(H,28,31)(H,29,30,32). The van der Waals surface area contributed by atoms with Gasteiger partial charge in [0.2, 0.25) is 5.91 Å². The summed E-state index contributed by atoms with van der Waals surface area (Å²) in [6.07, 6.45) is 0. The second kappa shape index (κ2) is 11.9. The van der Waals surface area contributed by atoms with Gasteiger partial charge in [-0.1, -0.05) is 48.0 Å². The van der Waals surface area contributed by atoms with Gasteiger partial charge in [-0.05, 0) is 49.4 Å². The zero-order valence-electron chi connectivity index (χ0n) is 18.7. The topological polar surface area (TPSA) is 80.3 Å². The van der Waals surface area contributed by atoms with Gasteiger partial charge in [0.05, 0.1) is 10.9 Å². The Bertz CT molecular complexity index is 1300. The number of benzene rings is 3. The number of halogens is 1. The van der Waals surface area contributed by atoms with Crippen molar-refractivity contribution in [3.63, 3.8) is 0 Å². The highest BCUT2D eigenvalue weighted by Crippen LogP contribution is 2.31. The molecule has 0 bridgehead atoms. The number of thioether (sulfide) groups is 1. The summed E-state index contributed by atoms with van der Waals surface area (Å²) in [5.41, 5.74) is 2.21. The van der Waals surface area contributed by atoms with Crippen LogP contribution in [0.25, 0.3) is 11.3 Å². The van der Waals surface area contributed by atoms with E-state index >= 15 is 0 Å². The Labute approximate surface area is 216 Å². The molecule has 6 nitrogen and oxygen atoms in total. The number of nitrogens with one attached hydrogen (secondary N) is 2. The molecule has 0 radical (unpaired) electrons. The maximum atomic E-state index is 12.7. The number of carbonyl (C=O) groups excluding carboxylic acids is 2. The monoisotopic (exact) mass is 523 g/mol. The van der Waals surface area contributed by atoms with Gasteiger partial charge in [0.15, 0.2) is 11.7 Å². The maximum absolute atomic E-state index is 12.7. The first-order chi connectivity index (χ1) is 17.0. The third-order valence-electron chi connectivity index (χ3n) is 4.82.